The highest BCUT2D eigenvalue weighted by atomic mass is 79.9. The summed E-state index contributed by atoms with van der Waals surface area (Å²) < 4.78 is 204. The number of hydrogen-bond acceptors (Lipinski definition) is 16. The maximum absolute atomic E-state index is 13.4. The van der Waals surface area contributed by atoms with Crippen LogP contribution in [-0.2, 0) is 17.4 Å². The first kappa shape index (κ1) is 90.9. The van der Waals surface area contributed by atoms with Gasteiger partial charge in [0.25, 0.3) is 0 Å². The Bertz CT molecular complexity index is 5530. The van der Waals surface area contributed by atoms with Gasteiger partial charge < -0.3 is 52.8 Å². The van der Waals surface area contributed by atoms with Crippen molar-refractivity contribution in [2.24, 2.45) is 10.9 Å². The van der Waals surface area contributed by atoms with Gasteiger partial charge in [-0.25, -0.2) is 78.8 Å². The Morgan fingerprint density at radius 3 is 1.28 bits per heavy atom. The summed E-state index contributed by atoms with van der Waals surface area (Å²) in [5, 5.41) is 0.202. The number of carbonyl (C=O) groups is 2. The normalized spacial score (nSPS) is 16.8. The topological polar surface area (TPSA) is 240 Å². The number of alkyl halides is 14. The third-order valence-corrected chi connectivity index (χ3v) is 22.1. The number of Topliss-reactive ketones (excluding diaryl/α,β-unsaturated/α-hetero) is 2. The first-order valence-electron chi connectivity index (χ1n) is 39.1. The van der Waals surface area contributed by atoms with Crippen molar-refractivity contribution in [3.63, 3.8) is 0 Å². The molecule has 10 aromatic heterocycles. The van der Waals surface area contributed by atoms with Crippen molar-refractivity contribution in [3.8, 4) is 28.7 Å². The molecule has 20 nitrogen and oxygen atoms in total. The summed E-state index contributed by atoms with van der Waals surface area (Å²) in [6, 6.07) is 31.8. The lowest BCUT2D eigenvalue weighted by Crippen LogP contribution is -2.40. The van der Waals surface area contributed by atoms with E-state index in [0.29, 0.717) is 113 Å². The molecule has 122 heavy (non-hydrogen) atoms. The van der Waals surface area contributed by atoms with Gasteiger partial charge in [-0.05, 0) is 78.6 Å². The van der Waals surface area contributed by atoms with E-state index in [2.05, 4.69) is 77.7 Å². The smallest absolute Gasteiger partial charge is 0.433 e. The van der Waals surface area contributed by atoms with Crippen LogP contribution in [0.3, 0.4) is 0 Å². The van der Waals surface area contributed by atoms with Crippen LogP contribution in [0.25, 0.3) is 22.6 Å². The largest absolute Gasteiger partial charge is 0.493 e. The zero-order valence-electron chi connectivity index (χ0n) is 66.5. The van der Waals surface area contributed by atoms with Crippen molar-refractivity contribution in [1.29, 1.82) is 0 Å². The molecule has 36 heteroatoms. The summed E-state index contributed by atoms with van der Waals surface area (Å²) in [4.78, 5) is 53.4. The molecule has 17 rings (SSSR count). The zero-order valence-corrected chi connectivity index (χ0v) is 71.2. The van der Waals surface area contributed by atoms with E-state index in [-0.39, 0.29) is 111 Å². The first-order valence-corrected chi connectivity index (χ1v) is 41.8. The zero-order chi connectivity index (χ0) is 87.8. The molecule has 0 saturated heterocycles. The molecule has 10 heterocycles. The number of aliphatic imine (C=N–C) groups is 1. The number of halogens is 16. The third-order valence-electron chi connectivity index (χ3n) is 20.4. The Labute approximate surface area is 717 Å². The van der Waals surface area contributed by atoms with Crippen LogP contribution in [0.2, 0.25) is 0 Å². The molecule has 0 bridgehead atoms. The summed E-state index contributed by atoms with van der Waals surface area (Å²) in [7, 11) is 0. The van der Waals surface area contributed by atoms with Gasteiger partial charge >= 0.3 is 6.18 Å². The molecule has 12 aromatic rings. The van der Waals surface area contributed by atoms with Gasteiger partial charge in [-0.15, -0.1) is 0 Å². The molecule has 0 atom stereocenters. The molecule has 5 saturated carbocycles. The Morgan fingerprint density at radius 1 is 0.459 bits per heavy atom. The molecular formula is C86H85Br3F13N13O7. The van der Waals surface area contributed by atoms with E-state index in [0.717, 1.165) is 55.0 Å². The summed E-state index contributed by atoms with van der Waals surface area (Å²) in [5.74, 6) is -11.4. The molecule has 5 fully saturated rings. The van der Waals surface area contributed by atoms with Crippen LogP contribution < -0.4 is 35.2 Å². The highest BCUT2D eigenvalue weighted by Crippen LogP contribution is 2.52. The Hall–Kier alpha value is -10.4. The number of ketones is 2. The second-order valence-corrected chi connectivity index (χ2v) is 32.1. The lowest BCUT2D eigenvalue weighted by atomic mass is 9.79. The van der Waals surface area contributed by atoms with Crippen LogP contribution in [0.1, 0.15) is 178 Å². The number of hydrogen-bond donors (Lipinski definition) is 2. The van der Waals surface area contributed by atoms with Gasteiger partial charge in [0, 0.05) is 203 Å². The molecule has 5 aliphatic carbocycles. The number of anilines is 2. The highest BCUT2D eigenvalue weighted by Gasteiger charge is 2.51. The predicted octanol–water partition coefficient (Wildman–Crippen LogP) is 22.2. The van der Waals surface area contributed by atoms with E-state index in [1.54, 1.807) is 64.9 Å². The summed E-state index contributed by atoms with van der Waals surface area (Å²) >= 11 is 9.64. The summed E-state index contributed by atoms with van der Waals surface area (Å²) in [6.07, 6.45) is 8.98. The third kappa shape index (κ3) is 22.9. The van der Waals surface area contributed by atoms with Crippen LogP contribution in [0.5, 0.6) is 28.7 Å². The molecular weight excluding hydrogens is 1810 g/mol. The number of nitrogen functional groups attached to an aromatic ring is 2. The fourth-order valence-corrected chi connectivity index (χ4v) is 15.3. The Morgan fingerprint density at radius 2 is 0.844 bits per heavy atom. The van der Waals surface area contributed by atoms with E-state index in [4.69, 9.17) is 40.1 Å². The van der Waals surface area contributed by atoms with Crippen molar-refractivity contribution in [3.05, 3.63) is 225 Å². The van der Waals surface area contributed by atoms with Gasteiger partial charge in [0.2, 0.25) is 29.6 Å². The van der Waals surface area contributed by atoms with Crippen molar-refractivity contribution < 1.29 is 90.3 Å². The molecule has 0 amide bonds. The van der Waals surface area contributed by atoms with Gasteiger partial charge in [-0.3, -0.25) is 9.59 Å². The molecule has 2 aromatic carbocycles. The fourth-order valence-electron chi connectivity index (χ4n) is 14.1. The van der Waals surface area contributed by atoms with Crippen LogP contribution in [0.4, 0.5) is 74.3 Å². The lowest BCUT2D eigenvalue weighted by molar-refractivity contribution is -0.145. The first-order chi connectivity index (χ1) is 57.8. The fraction of sp³-hybridized carbons (Fsp3) is 0.384. The highest BCUT2D eigenvalue weighted by molar-refractivity contribution is 9.11. The van der Waals surface area contributed by atoms with E-state index >= 15 is 0 Å². The number of imidazole rings is 4. The minimum Gasteiger partial charge on any atom is -0.493 e. The van der Waals surface area contributed by atoms with Crippen molar-refractivity contribution >= 4 is 105 Å². The van der Waals surface area contributed by atoms with E-state index in [9.17, 15) is 66.7 Å². The van der Waals surface area contributed by atoms with E-state index < -0.39 is 53.2 Å². The Balaban J connectivity index is 0.000000140. The van der Waals surface area contributed by atoms with Gasteiger partial charge in [0.15, 0.2) is 5.78 Å². The van der Waals surface area contributed by atoms with Gasteiger partial charge in [0.05, 0.1) is 81.5 Å². The number of rotatable bonds is 22. The molecule has 648 valence electrons. The molecule has 4 N–H and O–H groups in total. The summed E-state index contributed by atoms with van der Waals surface area (Å²) in [5.41, 5.74) is 19.4. The van der Waals surface area contributed by atoms with Crippen molar-refractivity contribution in [1.82, 2.24) is 47.5 Å². The minimum atomic E-state index is -4.66. The van der Waals surface area contributed by atoms with E-state index in [1.165, 1.54) is 6.07 Å². The quantitative estimate of drug-likeness (QED) is 0.0278. The molecule has 0 unspecified atom stereocenters. The van der Waals surface area contributed by atoms with Crippen LogP contribution in [-0.4, -0.2) is 133 Å². The van der Waals surface area contributed by atoms with Crippen LogP contribution in [0.15, 0.2) is 179 Å². The number of ether oxygens (including phenoxy) is 5. The number of fused-ring (bicyclic) bond motifs is 4. The number of nitrogens with two attached hydrogens (primary N) is 2. The van der Waals surface area contributed by atoms with E-state index in [1.807, 2.05) is 134 Å². The second-order valence-electron chi connectivity index (χ2n) is 29.8. The number of aromatic nitrogens is 10. The Kier molecular flexibility index (Phi) is 28.4. The van der Waals surface area contributed by atoms with Crippen LogP contribution >= 0.6 is 47.8 Å². The number of nitrogens with zero attached hydrogens (tertiary/aromatic N) is 11. The molecule has 5 aliphatic rings. The molecule has 0 spiro atoms. The minimum absolute atomic E-state index is 0.101. The lowest BCUT2D eigenvalue weighted by Gasteiger charge is -2.33. The number of pyridine rings is 6. The maximum Gasteiger partial charge on any atom is 0.433 e. The van der Waals surface area contributed by atoms with Crippen molar-refractivity contribution in [2.75, 3.05) is 49.8 Å². The average Bonchev–Trinajstić information content (AvgIpc) is 1.62. The maximum atomic E-state index is 13.4. The summed E-state index contributed by atoms with van der Waals surface area (Å²) in [6.45, 7) is 11.8. The monoisotopic (exact) mass is 1900 g/mol. The predicted molar refractivity (Wildman–Crippen MR) is 445 cm³/mol. The average molecular weight is 1900 g/mol. The standard InChI is InChI=1S/C26H23F2N3O.C21H18F5N3O2.C13H13BrF2N2O.C13H15F2N3O.C7H9BrN2O.C6H7BrF2O/c1-2-32-23-13-24-29-21(20-14-26(27,28)15-20)16-31(24)17-22(23)30-25(18-9-5-3-6-10-18)19-11-7-4-8-12-19;1-2-31-17-7-19-28-15(13-8-20(22,23)9-13)11-29(19)10-12(17)6-16(30)14-4-3-5-18(27-14)21(24,25)26;1-2-19-11-3-12-17-10(7-18(12)6-9(11)14)8-4-13(15,16)5-8;1-2-19-11-3-12-17-10(7-18(12)6-9(11)16)8-4-13(14,15)5-8;1-2-11-6-3-7(9)10-4-5(6)8;7-3-5(10)4-1-6(8,9)2-4/h3-13,16-17,20H,2,14-15H2,1H3;3-5,7,10-11,13H,2,6,8-9H2,1H3;3,6-8H,2,4-5H2,1H3;3,6-8H,2,4-5,16H2,1H3;3-4H,2H2,1H3,(H2,9,10);4H,1-3H2. The second kappa shape index (κ2) is 38.2. The molecule has 0 radical (unpaired) electrons. The van der Waals surface area contributed by atoms with Gasteiger partial charge in [-0.2, -0.15) is 13.2 Å². The van der Waals surface area contributed by atoms with Crippen molar-refractivity contribution in [2.45, 2.75) is 165 Å². The SMILES string of the molecule is CCOc1cc(N)ncc1Br.CCOc1cc2nc(C3CC(F)(F)C3)cn2cc1Br.CCOc1cc2nc(C3CC(F)(F)C3)cn2cc1CC(=O)c1cccc(C(F)(F)F)n1.CCOc1cc2nc(C3CC(F)(F)C3)cn2cc1N.CCOc1cc2nc(C3CC(F)(F)C3)cn2cc1N=C(c1ccccc1)c1ccccc1.O=C(CBr)C1CC(F)(F)C1. The molecule has 0 aliphatic heterocycles. The number of benzene rings is 2. The van der Waals surface area contributed by atoms with Crippen LogP contribution in [0, 0.1) is 5.92 Å². The van der Waals surface area contributed by atoms with Gasteiger partial charge in [-0.1, -0.05) is 82.7 Å². The van der Waals surface area contributed by atoms with Gasteiger partial charge in [0.1, 0.15) is 80.0 Å². The number of carbonyl (C=O) groups excluding carboxylic acids is 2.